The van der Waals surface area contributed by atoms with Crippen LogP contribution in [0.5, 0.6) is 0 Å². The van der Waals surface area contributed by atoms with Gasteiger partial charge in [-0.1, -0.05) is 43.2 Å². The topological polar surface area (TPSA) is 87.7 Å². The van der Waals surface area contributed by atoms with Gasteiger partial charge in [0.25, 0.3) is 0 Å². The predicted molar refractivity (Wildman–Crippen MR) is 85.9 cm³/mol. The molecule has 0 heterocycles. The molecule has 0 radical (unpaired) electrons. The van der Waals surface area contributed by atoms with Crippen molar-refractivity contribution >= 4 is 11.9 Å². The summed E-state index contributed by atoms with van der Waals surface area (Å²) in [5, 5.41) is 15.0. The molecule has 0 saturated heterocycles. The average molecular weight is 320 g/mol. The van der Waals surface area contributed by atoms with Crippen LogP contribution in [0.15, 0.2) is 30.3 Å². The number of benzene rings is 1. The summed E-state index contributed by atoms with van der Waals surface area (Å²) in [7, 11) is 0. The first-order valence-electron chi connectivity index (χ1n) is 8.03. The van der Waals surface area contributed by atoms with Gasteiger partial charge in [-0.05, 0) is 18.4 Å². The highest BCUT2D eigenvalue weighted by Crippen LogP contribution is 2.18. The van der Waals surface area contributed by atoms with Crippen molar-refractivity contribution in [3.8, 4) is 0 Å². The highest BCUT2D eigenvalue weighted by atomic mass is 16.5. The van der Waals surface area contributed by atoms with Gasteiger partial charge in [0, 0.05) is 12.1 Å². The van der Waals surface area contributed by atoms with Crippen molar-refractivity contribution in [3.05, 3.63) is 35.9 Å². The van der Waals surface area contributed by atoms with E-state index in [0.29, 0.717) is 0 Å². The Morgan fingerprint density at radius 2 is 1.65 bits per heavy atom. The smallest absolute Gasteiger partial charge is 0.320 e. The standard InChI is InChI=1S/C17H24N2O4/c20-16(21)10-18-14-8-4-5-9-15(14)19-11-17(22)23-12-13-6-2-1-3-7-13/h1-3,6-7,14-15,18-19H,4-5,8-12H2,(H,20,21). The van der Waals surface area contributed by atoms with Crippen LogP contribution in [-0.2, 0) is 20.9 Å². The van der Waals surface area contributed by atoms with Gasteiger partial charge in [-0.2, -0.15) is 0 Å². The van der Waals surface area contributed by atoms with Crippen LogP contribution in [0.25, 0.3) is 0 Å². The average Bonchev–Trinajstić information content (AvgIpc) is 2.58. The summed E-state index contributed by atoms with van der Waals surface area (Å²) in [5.41, 5.74) is 0.958. The lowest BCUT2D eigenvalue weighted by molar-refractivity contribution is -0.144. The second kappa shape index (κ2) is 9.27. The highest BCUT2D eigenvalue weighted by molar-refractivity contribution is 5.71. The van der Waals surface area contributed by atoms with E-state index in [1.54, 1.807) is 0 Å². The molecule has 2 unspecified atom stereocenters. The number of nitrogens with one attached hydrogen (secondary N) is 2. The summed E-state index contributed by atoms with van der Waals surface area (Å²) in [6.45, 7) is 0.358. The Labute approximate surface area is 136 Å². The van der Waals surface area contributed by atoms with E-state index in [2.05, 4.69) is 10.6 Å². The number of carboxylic acids is 1. The molecule has 1 aromatic rings. The molecule has 1 fully saturated rings. The summed E-state index contributed by atoms with van der Waals surface area (Å²) in [6.07, 6.45) is 4.02. The molecule has 23 heavy (non-hydrogen) atoms. The Hall–Kier alpha value is -1.92. The Morgan fingerprint density at radius 3 is 2.26 bits per heavy atom. The predicted octanol–water partition coefficient (Wildman–Crippen LogP) is 1.30. The summed E-state index contributed by atoms with van der Waals surface area (Å²) in [5.74, 6) is -1.16. The number of ether oxygens (including phenoxy) is 1. The second-order valence-corrected chi connectivity index (χ2v) is 5.80. The van der Waals surface area contributed by atoms with Crippen molar-refractivity contribution in [2.24, 2.45) is 0 Å². The van der Waals surface area contributed by atoms with Crippen LogP contribution in [0.2, 0.25) is 0 Å². The van der Waals surface area contributed by atoms with Crippen molar-refractivity contribution in [2.45, 2.75) is 44.4 Å². The minimum atomic E-state index is -0.864. The van der Waals surface area contributed by atoms with Crippen molar-refractivity contribution in [2.75, 3.05) is 13.1 Å². The first kappa shape index (κ1) is 17.4. The van der Waals surface area contributed by atoms with E-state index in [1.165, 1.54) is 0 Å². The van der Waals surface area contributed by atoms with Crippen molar-refractivity contribution in [3.63, 3.8) is 0 Å². The van der Waals surface area contributed by atoms with E-state index < -0.39 is 5.97 Å². The van der Waals surface area contributed by atoms with Gasteiger partial charge in [-0.15, -0.1) is 0 Å². The van der Waals surface area contributed by atoms with E-state index in [1.807, 2.05) is 30.3 Å². The third-order valence-electron chi connectivity index (χ3n) is 4.03. The molecule has 0 bridgehead atoms. The maximum atomic E-state index is 11.8. The molecule has 126 valence electrons. The number of esters is 1. The van der Waals surface area contributed by atoms with Crippen LogP contribution >= 0.6 is 0 Å². The molecular formula is C17H24N2O4. The monoisotopic (exact) mass is 320 g/mol. The van der Waals surface area contributed by atoms with Gasteiger partial charge in [-0.25, -0.2) is 0 Å². The van der Waals surface area contributed by atoms with Gasteiger partial charge in [0.1, 0.15) is 6.61 Å². The van der Waals surface area contributed by atoms with Gasteiger partial charge in [0.05, 0.1) is 13.1 Å². The zero-order chi connectivity index (χ0) is 16.5. The van der Waals surface area contributed by atoms with E-state index in [0.717, 1.165) is 31.2 Å². The number of carbonyl (C=O) groups excluding carboxylic acids is 1. The third kappa shape index (κ3) is 6.38. The first-order chi connectivity index (χ1) is 11.1. The van der Waals surface area contributed by atoms with Crippen molar-refractivity contribution in [1.82, 2.24) is 10.6 Å². The molecule has 1 aromatic carbocycles. The maximum absolute atomic E-state index is 11.8. The summed E-state index contributed by atoms with van der Waals surface area (Å²) >= 11 is 0. The molecule has 6 nitrogen and oxygen atoms in total. The number of carbonyl (C=O) groups is 2. The molecule has 0 aliphatic heterocycles. The number of hydrogen-bond acceptors (Lipinski definition) is 5. The molecule has 1 aliphatic carbocycles. The Morgan fingerprint density at radius 1 is 1.04 bits per heavy atom. The Balaban J connectivity index is 1.71. The Bertz CT molecular complexity index is 507. The largest absolute Gasteiger partial charge is 0.480 e. The van der Waals surface area contributed by atoms with Crippen molar-refractivity contribution < 1.29 is 19.4 Å². The summed E-state index contributed by atoms with van der Waals surface area (Å²) in [6, 6.07) is 9.74. The lowest BCUT2D eigenvalue weighted by Gasteiger charge is -2.32. The quantitative estimate of drug-likeness (QED) is 0.626. The molecule has 0 amide bonds. The van der Waals surface area contributed by atoms with Crippen molar-refractivity contribution in [1.29, 1.82) is 0 Å². The van der Waals surface area contributed by atoms with Crippen LogP contribution in [0, 0.1) is 0 Å². The SMILES string of the molecule is O=C(O)CNC1CCCCC1NCC(=O)OCc1ccccc1. The van der Waals surface area contributed by atoms with Crippen LogP contribution in [0.4, 0.5) is 0 Å². The molecular weight excluding hydrogens is 296 g/mol. The third-order valence-corrected chi connectivity index (χ3v) is 4.03. The Kier molecular flexibility index (Phi) is 7.03. The van der Waals surface area contributed by atoms with Crippen LogP contribution in [0.1, 0.15) is 31.2 Å². The summed E-state index contributed by atoms with van der Waals surface area (Å²) in [4.78, 5) is 22.5. The van der Waals surface area contributed by atoms with Crippen LogP contribution < -0.4 is 10.6 Å². The molecule has 6 heteroatoms. The molecule has 2 atom stereocenters. The normalized spacial score (nSPS) is 20.9. The zero-order valence-corrected chi connectivity index (χ0v) is 13.2. The minimum Gasteiger partial charge on any atom is -0.480 e. The maximum Gasteiger partial charge on any atom is 0.320 e. The van der Waals surface area contributed by atoms with Gasteiger partial charge in [0.15, 0.2) is 0 Å². The number of hydrogen-bond donors (Lipinski definition) is 3. The molecule has 0 spiro atoms. The molecule has 1 saturated carbocycles. The number of carboxylic acid groups (broad SMARTS) is 1. The van der Waals surface area contributed by atoms with E-state index in [4.69, 9.17) is 9.84 Å². The fourth-order valence-electron chi connectivity index (χ4n) is 2.84. The van der Waals surface area contributed by atoms with Gasteiger partial charge < -0.3 is 20.5 Å². The van der Waals surface area contributed by atoms with Gasteiger partial charge in [0.2, 0.25) is 0 Å². The molecule has 1 aliphatic rings. The molecule has 0 aromatic heterocycles. The van der Waals surface area contributed by atoms with Crippen LogP contribution in [0.3, 0.4) is 0 Å². The van der Waals surface area contributed by atoms with E-state index >= 15 is 0 Å². The summed E-state index contributed by atoms with van der Waals surface area (Å²) < 4.78 is 5.24. The highest BCUT2D eigenvalue weighted by Gasteiger charge is 2.25. The fourth-order valence-corrected chi connectivity index (χ4v) is 2.84. The zero-order valence-electron chi connectivity index (χ0n) is 13.2. The van der Waals surface area contributed by atoms with Crippen LogP contribution in [-0.4, -0.2) is 42.2 Å². The fraction of sp³-hybridized carbons (Fsp3) is 0.529. The number of aliphatic carboxylic acids is 1. The second-order valence-electron chi connectivity index (χ2n) is 5.80. The molecule has 3 N–H and O–H groups in total. The van der Waals surface area contributed by atoms with E-state index in [9.17, 15) is 9.59 Å². The van der Waals surface area contributed by atoms with E-state index in [-0.39, 0.29) is 37.7 Å². The minimum absolute atomic E-state index is 0.0543. The molecule has 2 rings (SSSR count). The lowest BCUT2D eigenvalue weighted by Crippen LogP contribution is -2.52. The first-order valence-corrected chi connectivity index (χ1v) is 8.03. The van der Waals surface area contributed by atoms with Gasteiger partial charge in [-0.3, -0.25) is 9.59 Å². The van der Waals surface area contributed by atoms with Gasteiger partial charge >= 0.3 is 11.9 Å². The lowest BCUT2D eigenvalue weighted by atomic mass is 9.90. The number of rotatable bonds is 8.